The summed E-state index contributed by atoms with van der Waals surface area (Å²) in [4.78, 5) is 29.8. The molecule has 2 aromatic carbocycles. The Bertz CT molecular complexity index is 1110. The Balaban J connectivity index is 1.24. The van der Waals surface area contributed by atoms with E-state index in [-0.39, 0.29) is 5.91 Å². The van der Waals surface area contributed by atoms with E-state index in [0.29, 0.717) is 11.3 Å². The lowest BCUT2D eigenvalue weighted by atomic mass is 10.0. The van der Waals surface area contributed by atoms with Gasteiger partial charge in [-0.1, -0.05) is 6.07 Å². The fraction of sp³-hybridized carbons (Fsp3) is 0.217. The van der Waals surface area contributed by atoms with Gasteiger partial charge in [-0.3, -0.25) is 9.79 Å². The Hall–Kier alpha value is -3.81. The topological polar surface area (TPSA) is 73.7 Å². The quantitative estimate of drug-likeness (QED) is 0.660. The SMILES string of the molecule is O=C1Nc2cccc(F)c2C1C=Nc1ccc(N2CCN(c3ncccn3)CC2)cc1. The van der Waals surface area contributed by atoms with E-state index in [1.807, 2.05) is 30.3 Å². The average molecular weight is 416 g/mol. The number of piperazine rings is 1. The zero-order valence-corrected chi connectivity index (χ0v) is 16.8. The second kappa shape index (κ2) is 8.14. The van der Waals surface area contributed by atoms with Crippen molar-refractivity contribution in [3.63, 3.8) is 0 Å². The summed E-state index contributed by atoms with van der Waals surface area (Å²) in [5.41, 5.74) is 2.70. The molecule has 0 saturated carbocycles. The normalized spacial score (nSPS) is 18.4. The monoisotopic (exact) mass is 416 g/mol. The number of nitrogens with one attached hydrogen (secondary N) is 1. The number of aromatic nitrogens is 2. The lowest BCUT2D eigenvalue weighted by Gasteiger charge is -2.36. The van der Waals surface area contributed by atoms with Gasteiger partial charge in [-0.15, -0.1) is 0 Å². The van der Waals surface area contributed by atoms with Gasteiger partial charge >= 0.3 is 0 Å². The number of carbonyl (C=O) groups excluding carboxylic acids is 1. The molecular formula is C23H21FN6O. The molecule has 1 fully saturated rings. The number of aliphatic imine (C=N–C) groups is 1. The third-order valence-corrected chi connectivity index (χ3v) is 5.61. The molecule has 0 aliphatic carbocycles. The molecule has 1 atom stereocenters. The summed E-state index contributed by atoms with van der Waals surface area (Å²) >= 11 is 0. The Labute approximate surface area is 179 Å². The Morgan fingerprint density at radius 2 is 1.68 bits per heavy atom. The van der Waals surface area contributed by atoms with E-state index < -0.39 is 11.7 Å². The van der Waals surface area contributed by atoms with Crippen LogP contribution in [0.15, 0.2) is 65.9 Å². The Morgan fingerprint density at radius 3 is 2.42 bits per heavy atom. The molecule has 0 spiro atoms. The molecule has 1 saturated heterocycles. The third kappa shape index (κ3) is 3.84. The molecule has 5 rings (SSSR count). The van der Waals surface area contributed by atoms with E-state index in [2.05, 4.69) is 30.1 Å². The number of rotatable bonds is 4. The highest BCUT2D eigenvalue weighted by atomic mass is 19.1. The van der Waals surface area contributed by atoms with Gasteiger partial charge in [-0.25, -0.2) is 14.4 Å². The van der Waals surface area contributed by atoms with Crippen LogP contribution in [0.2, 0.25) is 0 Å². The largest absolute Gasteiger partial charge is 0.368 e. The number of hydrogen-bond donors (Lipinski definition) is 1. The number of hydrogen-bond acceptors (Lipinski definition) is 6. The fourth-order valence-corrected chi connectivity index (χ4v) is 3.98. The highest BCUT2D eigenvalue weighted by Gasteiger charge is 2.31. The number of benzene rings is 2. The van der Waals surface area contributed by atoms with Crippen molar-refractivity contribution in [2.75, 3.05) is 41.3 Å². The predicted octanol–water partition coefficient (Wildman–Crippen LogP) is 3.38. The van der Waals surface area contributed by atoms with E-state index in [1.54, 1.807) is 24.5 Å². The first kappa shape index (κ1) is 19.2. The molecule has 1 unspecified atom stereocenters. The highest BCUT2D eigenvalue weighted by Crippen LogP contribution is 2.34. The minimum atomic E-state index is -0.718. The summed E-state index contributed by atoms with van der Waals surface area (Å²) in [7, 11) is 0. The summed E-state index contributed by atoms with van der Waals surface area (Å²) in [6, 6.07) is 14.3. The predicted molar refractivity (Wildman–Crippen MR) is 119 cm³/mol. The van der Waals surface area contributed by atoms with Gasteiger partial charge in [-0.05, 0) is 42.5 Å². The summed E-state index contributed by atoms with van der Waals surface area (Å²) in [6.07, 6.45) is 5.03. The van der Waals surface area contributed by atoms with Crippen molar-refractivity contribution in [3.8, 4) is 0 Å². The van der Waals surface area contributed by atoms with Gasteiger partial charge in [0.05, 0.1) is 5.69 Å². The summed E-state index contributed by atoms with van der Waals surface area (Å²) in [5, 5.41) is 2.70. The van der Waals surface area contributed by atoms with Crippen LogP contribution in [-0.4, -0.2) is 48.3 Å². The minimum Gasteiger partial charge on any atom is -0.368 e. The van der Waals surface area contributed by atoms with Crippen LogP contribution in [0.25, 0.3) is 0 Å². The van der Waals surface area contributed by atoms with Gasteiger partial charge < -0.3 is 15.1 Å². The first-order valence-corrected chi connectivity index (χ1v) is 10.2. The number of carbonyl (C=O) groups is 1. The molecule has 3 heterocycles. The first-order chi connectivity index (χ1) is 15.2. The van der Waals surface area contributed by atoms with Gasteiger partial charge in [0.2, 0.25) is 11.9 Å². The maximum absolute atomic E-state index is 14.2. The zero-order valence-electron chi connectivity index (χ0n) is 16.8. The lowest BCUT2D eigenvalue weighted by Crippen LogP contribution is -2.47. The molecule has 1 aromatic heterocycles. The van der Waals surface area contributed by atoms with Gasteiger partial charge in [0.25, 0.3) is 0 Å². The molecule has 31 heavy (non-hydrogen) atoms. The summed E-state index contributed by atoms with van der Waals surface area (Å²) < 4.78 is 14.2. The number of halogens is 1. The number of amides is 1. The van der Waals surface area contributed by atoms with Gasteiger partial charge in [0.1, 0.15) is 11.7 Å². The second-order valence-electron chi connectivity index (χ2n) is 7.49. The number of anilines is 3. The van der Waals surface area contributed by atoms with Crippen LogP contribution in [0.4, 0.5) is 27.4 Å². The molecule has 7 nitrogen and oxygen atoms in total. The Morgan fingerprint density at radius 1 is 0.968 bits per heavy atom. The second-order valence-corrected chi connectivity index (χ2v) is 7.49. The molecule has 3 aromatic rings. The fourth-order valence-electron chi connectivity index (χ4n) is 3.98. The standard InChI is InChI=1S/C23H21FN6O/c24-19-3-1-4-20-21(19)18(22(31)28-20)15-27-16-5-7-17(8-6-16)29-11-13-30(14-12-29)23-25-9-2-10-26-23/h1-10,15,18H,11-14H2,(H,28,31). The van der Waals surface area contributed by atoms with Crippen molar-refractivity contribution in [2.45, 2.75) is 5.92 Å². The molecule has 2 aliphatic rings. The van der Waals surface area contributed by atoms with Crippen LogP contribution >= 0.6 is 0 Å². The molecular weight excluding hydrogens is 395 g/mol. The molecule has 1 amide bonds. The van der Waals surface area contributed by atoms with E-state index in [4.69, 9.17) is 0 Å². The molecule has 0 bridgehead atoms. The van der Waals surface area contributed by atoms with E-state index in [1.165, 1.54) is 12.3 Å². The van der Waals surface area contributed by atoms with Crippen molar-refractivity contribution in [3.05, 3.63) is 72.3 Å². The number of nitrogens with zero attached hydrogens (tertiary/aromatic N) is 5. The van der Waals surface area contributed by atoms with Gasteiger partial charge in [-0.2, -0.15) is 0 Å². The van der Waals surface area contributed by atoms with Crippen LogP contribution in [0.3, 0.4) is 0 Å². The molecule has 2 aliphatic heterocycles. The number of fused-ring (bicyclic) bond motifs is 1. The van der Waals surface area contributed by atoms with E-state index in [0.717, 1.165) is 43.5 Å². The van der Waals surface area contributed by atoms with Crippen LogP contribution in [0.5, 0.6) is 0 Å². The summed E-state index contributed by atoms with van der Waals surface area (Å²) in [5.74, 6) is -0.617. The highest BCUT2D eigenvalue weighted by molar-refractivity contribution is 6.12. The minimum absolute atomic E-state index is 0.263. The van der Waals surface area contributed by atoms with Crippen LogP contribution in [0, 0.1) is 5.82 Å². The van der Waals surface area contributed by atoms with Crippen molar-refractivity contribution in [1.29, 1.82) is 0 Å². The first-order valence-electron chi connectivity index (χ1n) is 10.2. The van der Waals surface area contributed by atoms with Crippen LogP contribution in [0.1, 0.15) is 11.5 Å². The van der Waals surface area contributed by atoms with Crippen LogP contribution < -0.4 is 15.1 Å². The lowest BCUT2D eigenvalue weighted by molar-refractivity contribution is -0.115. The summed E-state index contributed by atoms with van der Waals surface area (Å²) in [6.45, 7) is 3.45. The Kier molecular flexibility index (Phi) is 5.03. The molecule has 156 valence electrons. The maximum Gasteiger partial charge on any atom is 0.237 e. The van der Waals surface area contributed by atoms with E-state index in [9.17, 15) is 9.18 Å². The van der Waals surface area contributed by atoms with Crippen molar-refractivity contribution >= 4 is 35.1 Å². The van der Waals surface area contributed by atoms with Crippen molar-refractivity contribution in [2.24, 2.45) is 4.99 Å². The maximum atomic E-state index is 14.2. The van der Waals surface area contributed by atoms with E-state index >= 15 is 0 Å². The molecule has 8 heteroatoms. The van der Waals surface area contributed by atoms with Crippen LogP contribution in [-0.2, 0) is 4.79 Å². The van der Waals surface area contributed by atoms with Gasteiger partial charge in [0.15, 0.2) is 0 Å². The smallest absolute Gasteiger partial charge is 0.237 e. The zero-order chi connectivity index (χ0) is 21.2. The molecule has 0 radical (unpaired) electrons. The van der Waals surface area contributed by atoms with Gasteiger partial charge in [0, 0.05) is 61.7 Å². The average Bonchev–Trinajstić information content (AvgIpc) is 3.15. The molecule has 1 N–H and O–H groups in total. The van der Waals surface area contributed by atoms with Crippen molar-refractivity contribution < 1.29 is 9.18 Å². The third-order valence-electron chi connectivity index (χ3n) is 5.61. The van der Waals surface area contributed by atoms with Crippen molar-refractivity contribution in [1.82, 2.24) is 9.97 Å².